The van der Waals surface area contributed by atoms with E-state index in [0.29, 0.717) is 16.3 Å². The zero-order valence-electron chi connectivity index (χ0n) is 12.0. The summed E-state index contributed by atoms with van der Waals surface area (Å²) < 4.78 is 6.16. The third kappa shape index (κ3) is 3.39. The van der Waals surface area contributed by atoms with Gasteiger partial charge in [-0.2, -0.15) is 0 Å². The van der Waals surface area contributed by atoms with Crippen molar-refractivity contribution in [2.24, 2.45) is 0 Å². The number of carbonyl (C=O) groups is 1. The number of hydrogen-bond donors (Lipinski definition) is 1. The molecule has 1 amide bonds. The minimum atomic E-state index is -0.254. The first-order valence-corrected chi connectivity index (χ1v) is 7.51. The molecule has 0 bridgehead atoms. The first-order valence-electron chi connectivity index (χ1n) is 6.34. The molecule has 2 aromatic rings. The Balaban J connectivity index is 2.34. The van der Waals surface area contributed by atoms with Crippen LogP contribution >= 0.6 is 27.5 Å². The van der Waals surface area contributed by atoms with E-state index in [2.05, 4.69) is 21.2 Å². The molecule has 0 aliphatic carbocycles. The summed E-state index contributed by atoms with van der Waals surface area (Å²) in [5.41, 5.74) is 3.04. The highest BCUT2D eigenvalue weighted by Crippen LogP contribution is 2.30. The van der Waals surface area contributed by atoms with Crippen LogP contribution in [0, 0.1) is 13.8 Å². The first-order chi connectivity index (χ1) is 9.93. The van der Waals surface area contributed by atoms with Crippen molar-refractivity contribution in [2.75, 3.05) is 12.4 Å². The second kappa shape index (κ2) is 6.50. The van der Waals surface area contributed by atoms with Gasteiger partial charge in [0.2, 0.25) is 0 Å². The molecule has 0 aromatic heterocycles. The van der Waals surface area contributed by atoms with Crippen molar-refractivity contribution in [1.82, 2.24) is 0 Å². The summed E-state index contributed by atoms with van der Waals surface area (Å²) in [4.78, 5) is 12.4. The normalized spacial score (nSPS) is 10.3. The van der Waals surface area contributed by atoms with Crippen LogP contribution in [-0.4, -0.2) is 13.0 Å². The Morgan fingerprint density at radius 1 is 1.24 bits per heavy atom. The van der Waals surface area contributed by atoms with Gasteiger partial charge in [-0.05, 0) is 43.7 Å². The van der Waals surface area contributed by atoms with Crippen LogP contribution in [0.5, 0.6) is 5.75 Å². The fourth-order valence-corrected chi connectivity index (χ4v) is 2.70. The number of halogens is 2. The first kappa shape index (κ1) is 15.9. The van der Waals surface area contributed by atoms with Gasteiger partial charge in [0.05, 0.1) is 17.7 Å². The molecule has 0 fully saturated rings. The van der Waals surface area contributed by atoms with Crippen LogP contribution in [0.25, 0.3) is 0 Å². The van der Waals surface area contributed by atoms with Gasteiger partial charge in [0.15, 0.2) is 0 Å². The lowest BCUT2D eigenvalue weighted by atomic mass is 10.1. The zero-order chi connectivity index (χ0) is 15.6. The quantitative estimate of drug-likeness (QED) is 0.829. The molecule has 5 heteroatoms. The van der Waals surface area contributed by atoms with Crippen molar-refractivity contribution in [3.05, 3.63) is 56.5 Å². The van der Waals surface area contributed by atoms with Crippen molar-refractivity contribution < 1.29 is 9.53 Å². The molecule has 0 atom stereocenters. The van der Waals surface area contributed by atoms with E-state index >= 15 is 0 Å². The molecular formula is C16H15BrClNO2. The Kier molecular flexibility index (Phi) is 4.91. The summed E-state index contributed by atoms with van der Waals surface area (Å²) in [6.07, 6.45) is 0. The Morgan fingerprint density at radius 2 is 1.95 bits per heavy atom. The third-order valence-electron chi connectivity index (χ3n) is 3.23. The van der Waals surface area contributed by atoms with Crippen molar-refractivity contribution in [2.45, 2.75) is 13.8 Å². The third-order valence-corrected chi connectivity index (χ3v) is 4.05. The number of amides is 1. The highest BCUT2D eigenvalue weighted by molar-refractivity contribution is 9.10. The molecule has 0 saturated carbocycles. The van der Waals surface area contributed by atoms with Gasteiger partial charge in [-0.15, -0.1) is 0 Å². The van der Waals surface area contributed by atoms with Crippen LogP contribution < -0.4 is 10.1 Å². The van der Waals surface area contributed by atoms with Gasteiger partial charge in [0.1, 0.15) is 5.75 Å². The molecule has 2 aromatic carbocycles. The van der Waals surface area contributed by atoms with Gasteiger partial charge >= 0.3 is 0 Å². The van der Waals surface area contributed by atoms with Crippen LogP contribution in [0.3, 0.4) is 0 Å². The Bertz CT molecular complexity index is 701. The van der Waals surface area contributed by atoms with Gasteiger partial charge in [-0.25, -0.2) is 0 Å². The molecule has 2 rings (SSSR count). The monoisotopic (exact) mass is 367 g/mol. The zero-order valence-corrected chi connectivity index (χ0v) is 14.3. The van der Waals surface area contributed by atoms with Crippen molar-refractivity contribution in [1.29, 1.82) is 0 Å². The molecule has 110 valence electrons. The maximum absolute atomic E-state index is 12.4. The summed E-state index contributed by atoms with van der Waals surface area (Å²) >= 11 is 9.41. The van der Waals surface area contributed by atoms with Crippen molar-refractivity contribution in [3.63, 3.8) is 0 Å². The number of rotatable bonds is 3. The Labute approximate surface area is 137 Å². The minimum Gasteiger partial charge on any atom is -0.496 e. The highest BCUT2D eigenvalue weighted by Gasteiger charge is 2.14. The Morgan fingerprint density at radius 3 is 2.62 bits per heavy atom. The lowest BCUT2D eigenvalue weighted by Gasteiger charge is -2.14. The average Bonchev–Trinajstić information content (AvgIpc) is 2.45. The van der Waals surface area contributed by atoms with E-state index in [1.165, 1.54) is 0 Å². The number of aryl methyl sites for hydroxylation is 1. The molecule has 0 heterocycles. The molecule has 21 heavy (non-hydrogen) atoms. The molecule has 0 saturated heterocycles. The van der Waals surface area contributed by atoms with E-state index in [1.807, 2.05) is 26.0 Å². The summed E-state index contributed by atoms with van der Waals surface area (Å²) in [5.74, 6) is 0.517. The lowest BCUT2D eigenvalue weighted by Crippen LogP contribution is -2.13. The fourth-order valence-electron chi connectivity index (χ4n) is 2.14. The SMILES string of the molecule is COc1c(C)ccc(NC(=O)c2cc(Br)ccc2Cl)c1C. The van der Waals surface area contributed by atoms with E-state index in [-0.39, 0.29) is 5.91 Å². The van der Waals surface area contributed by atoms with Crippen LogP contribution in [-0.2, 0) is 0 Å². The van der Waals surface area contributed by atoms with E-state index < -0.39 is 0 Å². The van der Waals surface area contributed by atoms with Gasteiger partial charge in [-0.1, -0.05) is 33.6 Å². The number of nitrogens with one attached hydrogen (secondary N) is 1. The van der Waals surface area contributed by atoms with Crippen LogP contribution in [0.4, 0.5) is 5.69 Å². The Hall–Kier alpha value is -1.52. The smallest absolute Gasteiger partial charge is 0.257 e. The average molecular weight is 369 g/mol. The van der Waals surface area contributed by atoms with E-state index in [0.717, 1.165) is 21.3 Å². The molecule has 0 aliphatic heterocycles. The van der Waals surface area contributed by atoms with Crippen molar-refractivity contribution in [3.8, 4) is 5.75 Å². The molecule has 0 aliphatic rings. The van der Waals surface area contributed by atoms with Gasteiger partial charge in [0.25, 0.3) is 5.91 Å². The summed E-state index contributed by atoms with van der Waals surface area (Å²) in [5, 5.41) is 3.28. The molecule has 3 nitrogen and oxygen atoms in total. The second-order valence-electron chi connectivity index (χ2n) is 4.67. The predicted molar refractivity (Wildman–Crippen MR) is 89.6 cm³/mol. The number of hydrogen-bond acceptors (Lipinski definition) is 2. The highest BCUT2D eigenvalue weighted by atomic mass is 79.9. The minimum absolute atomic E-state index is 0.254. The molecule has 1 N–H and O–H groups in total. The number of benzene rings is 2. The molecule has 0 unspecified atom stereocenters. The number of methoxy groups -OCH3 is 1. The second-order valence-corrected chi connectivity index (χ2v) is 5.99. The van der Waals surface area contributed by atoms with Crippen LogP contribution in [0.2, 0.25) is 5.02 Å². The molecule has 0 spiro atoms. The number of anilines is 1. The topological polar surface area (TPSA) is 38.3 Å². The molecular weight excluding hydrogens is 354 g/mol. The lowest BCUT2D eigenvalue weighted by molar-refractivity contribution is 0.102. The van der Waals surface area contributed by atoms with Crippen molar-refractivity contribution >= 4 is 39.1 Å². The van der Waals surface area contributed by atoms with Gasteiger partial charge in [-0.3, -0.25) is 4.79 Å². The van der Waals surface area contributed by atoms with Crippen LogP contribution in [0.15, 0.2) is 34.8 Å². The maximum Gasteiger partial charge on any atom is 0.257 e. The number of carbonyl (C=O) groups excluding carboxylic acids is 1. The van der Waals surface area contributed by atoms with E-state index in [4.69, 9.17) is 16.3 Å². The largest absolute Gasteiger partial charge is 0.496 e. The summed E-state index contributed by atoms with van der Waals surface area (Å²) in [7, 11) is 1.62. The van der Waals surface area contributed by atoms with Crippen LogP contribution in [0.1, 0.15) is 21.5 Å². The van der Waals surface area contributed by atoms with E-state index in [9.17, 15) is 4.79 Å². The summed E-state index contributed by atoms with van der Waals surface area (Å²) in [6.45, 7) is 3.87. The van der Waals surface area contributed by atoms with E-state index in [1.54, 1.807) is 25.3 Å². The van der Waals surface area contributed by atoms with Gasteiger partial charge in [0, 0.05) is 15.7 Å². The summed E-state index contributed by atoms with van der Waals surface area (Å²) in [6, 6.07) is 8.93. The molecule has 0 radical (unpaired) electrons. The van der Waals surface area contributed by atoms with Gasteiger partial charge < -0.3 is 10.1 Å². The maximum atomic E-state index is 12.4. The predicted octanol–water partition coefficient (Wildman–Crippen LogP) is 4.98. The standard InChI is InChI=1S/C16H15BrClNO2/c1-9-4-7-14(10(2)15(9)21-3)19-16(20)12-8-11(17)5-6-13(12)18/h4-8H,1-3H3,(H,19,20). The fraction of sp³-hybridized carbons (Fsp3) is 0.188. The number of ether oxygens (including phenoxy) is 1.